The van der Waals surface area contributed by atoms with Gasteiger partial charge < -0.3 is 0 Å². The smallest absolute Gasteiger partial charge is 0.142 e. The number of nitriles is 1. The van der Waals surface area contributed by atoms with Gasteiger partial charge in [0.2, 0.25) is 0 Å². The highest BCUT2D eigenvalue weighted by molar-refractivity contribution is 7.10. The molecule has 0 aliphatic heterocycles. The van der Waals surface area contributed by atoms with Crippen molar-refractivity contribution in [1.82, 2.24) is 4.98 Å². The summed E-state index contributed by atoms with van der Waals surface area (Å²) in [6, 6.07) is 9.71. The van der Waals surface area contributed by atoms with Crippen LogP contribution in [0.15, 0.2) is 29.6 Å². The van der Waals surface area contributed by atoms with E-state index in [2.05, 4.69) is 11.1 Å². The van der Waals surface area contributed by atoms with E-state index in [1.807, 2.05) is 29.6 Å². The Kier molecular flexibility index (Phi) is 4.56. The highest BCUT2D eigenvalue weighted by Crippen LogP contribution is 2.37. The molecule has 112 valence electrons. The maximum atomic E-state index is 12.2. The number of nitrogens with zero attached hydrogens (tertiary/aromatic N) is 2. The van der Waals surface area contributed by atoms with Crippen LogP contribution in [0.4, 0.5) is 0 Å². The van der Waals surface area contributed by atoms with Crippen molar-refractivity contribution in [2.24, 2.45) is 11.8 Å². The Morgan fingerprint density at radius 2 is 2.09 bits per heavy atom. The van der Waals surface area contributed by atoms with Crippen LogP contribution in [0.1, 0.15) is 24.3 Å². The molecule has 1 fully saturated rings. The quantitative estimate of drug-likeness (QED) is 0.810. The molecule has 0 saturated heterocycles. The zero-order valence-corrected chi connectivity index (χ0v) is 13.5. The lowest BCUT2D eigenvalue weighted by molar-refractivity contribution is -0.126. The number of rotatable bonds is 5. The number of benzene rings is 1. The summed E-state index contributed by atoms with van der Waals surface area (Å²) in [5.41, 5.74) is 1.90. The number of aromatic nitrogens is 1. The fraction of sp³-hybridized carbons (Fsp3) is 0.353. The maximum Gasteiger partial charge on any atom is 0.142 e. The van der Waals surface area contributed by atoms with Gasteiger partial charge in [0, 0.05) is 28.3 Å². The van der Waals surface area contributed by atoms with E-state index in [-0.39, 0.29) is 11.7 Å². The van der Waals surface area contributed by atoms with E-state index in [4.69, 9.17) is 16.9 Å². The number of hydrogen-bond acceptors (Lipinski definition) is 4. The van der Waals surface area contributed by atoms with E-state index in [0.717, 1.165) is 29.1 Å². The standard InChI is InChI=1S/C17H15ClN2OS/c18-14-3-1-12(2-4-14)15-10-22-17(20-15)9-16(21)13-7-11(8-13)5-6-19/h1-4,10-11,13H,5,7-9H2. The molecule has 0 amide bonds. The van der Waals surface area contributed by atoms with E-state index in [0.29, 0.717) is 23.8 Å². The fourth-order valence-electron chi connectivity index (χ4n) is 2.73. The van der Waals surface area contributed by atoms with Crippen LogP contribution in [0.3, 0.4) is 0 Å². The average molecular weight is 331 g/mol. The Labute approximate surface area is 138 Å². The molecule has 0 N–H and O–H groups in total. The van der Waals surface area contributed by atoms with Gasteiger partial charge in [-0.15, -0.1) is 11.3 Å². The predicted molar refractivity (Wildman–Crippen MR) is 87.7 cm³/mol. The van der Waals surface area contributed by atoms with Crippen LogP contribution < -0.4 is 0 Å². The molecule has 1 heterocycles. The van der Waals surface area contributed by atoms with Gasteiger partial charge in [-0.1, -0.05) is 23.7 Å². The second-order valence-corrected chi connectivity index (χ2v) is 7.05. The SMILES string of the molecule is N#CCC1CC(C(=O)Cc2nc(-c3ccc(Cl)cc3)cs2)C1. The minimum absolute atomic E-state index is 0.126. The van der Waals surface area contributed by atoms with Crippen molar-refractivity contribution in [2.45, 2.75) is 25.7 Å². The van der Waals surface area contributed by atoms with E-state index in [1.54, 1.807) is 0 Å². The lowest BCUT2D eigenvalue weighted by Crippen LogP contribution is -2.31. The zero-order valence-electron chi connectivity index (χ0n) is 12.0. The van der Waals surface area contributed by atoms with Crippen molar-refractivity contribution < 1.29 is 4.79 Å². The number of hydrogen-bond donors (Lipinski definition) is 0. The number of halogens is 1. The van der Waals surface area contributed by atoms with Crippen molar-refractivity contribution >= 4 is 28.7 Å². The molecule has 0 radical (unpaired) electrons. The summed E-state index contributed by atoms with van der Waals surface area (Å²) in [7, 11) is 0. The number of thiazole rings is 1. The summed E-state index contributed by atoms with van der Waals surface area (Å²) >= 11 is 7.40. The summed E-state index contributed by atoms with van der Waals surface area (Å²) < 4.78 is 0. The summed E-state index contributed by atoms with van der Waals surface area (Å²) in [6.07, 6.45) is 2.70. The predicted octanol–water partition coefficient (Wildman–Crippen LogP) is 4.51. The number of carbonyl (C=O) groups excluding carboxylic acids is 1. The van der Waals surface area contributed by atoms with Crippen molar-refractivity contribution in [2.75, 3.05) is 0 Å². The van der Waals surface area contributed by atoms with Crippen LogP contribution in [0.5, 0.6) is 0 Å². The van der Waals surface area contributed by atoms with Gasteiger partial charge in [0.05, 0.1) is 18.2 Å². The van der Waals surface area contributed by atoms with Crippen LogP contribution in [0, 0.1) is 23.2 Å². The lowest BCUT2D eigenvalue weighted by atomic mass is 9.71. The third-order valence-electron chi connectivity index (χ3n) is 4.09. The van der Waals surface area contributed by atoms with Crippen molar-refractivity contribution in [3.8, 4) is 17.3 Å². The number of carbonyl (C=O) groups is 1. The molecule has 2 aromatic rings. The lowest BCUT2D eigenvalue weighted by Gasteiger charge is -2.32. The summed E-state index contributed by atoms with van der Waals surface area (Å²) in [6.45, 7) is 0. The average Bonchev–Trinajstić information content (AvgIpc) is 2.91. The van der Waals surface area contributed by atoms with Gasteiger partial charge in [0.15, 0.2) is 0 Å². The van der Waals surface area contributed by atoms with Crippen LogP contribution in [0.25, 0.3) is 11.3 Å². The Morgan fingerprint density at radius 1 is 1.36 bits per heavy atom. The van der Waals surface area contributed by atoms with E-state index < -0.39 is 0 Å². The first-order valence-electron chi connectivity index (χ1n) is 7.25. The summed E-state index contributed by atoms with van der Waals surface area (Å²) in [5.74, 6) is 0.798. The van der Waals surface area contributed by atoms with Crippen LogP contribution >= 0.6 is 22.9 Å². The molecule has 1 aliphatic rings. The fourth-order valence-corrected chi connectivity index (χ4v) is 3.67. The van der Waals surface area contributed by atoms with Gasteiger partial charge in [0.1, 0.15) is 10.8 Å². The topological polar surface area (TPSA) is 53.8 Å². The molecule has 5 heteroatoms. The Balaban J connectivity index is 1.59. The van der Waals surface area contributed by atoms with Gasteiger partial charge in [0.25, 0.3) is 0 Å². The third kappa shape index (κ3) is 3.37. The highest BCUT2D eigenvalue weighted by atomic mass is 35.5. The molecule has 3 nitrogen and oxygen atoms in total. The molecular formula is C17H15ClN2OS. The second kappa shape index (κ2) is 6.60. The monoisotopic (exact) mass is 330 g/mol. The molecule has 1 aromatic carbocycles. The van der Waals surface area contributed by atoms with E-state index in [1.165, 1.54) is 11.3 Å². The van der Waals surface area contributed by atoms with Gasteiger partial charge in [-0.05, 0) is 30.9 Å². The number of ketones is 1. The highest BCUT2D eigenvalue weighted by Gasteiger charge is 2.34. The Bertz CT molecular complexity index is 711. The molecule has 1 aliphatic carbocycles. The maximum absolute atomic E-state index is 12.2. The van der Waals surface area contributed by atoms with Crippen LogP contribution in [0.2, 0.25) is 5.02 Å². The molecule has 22 heavy (non-hydrogen) atoms. The Hall–Kier alpha value is -1.70. The molecule has 0 unspecified atom stereocenters. The van der Waals surface area contributed by atoms with Gasteiger partial charge in [-0.2, -0.15) is 5.26 Å². The van der Waals surface area contributed by atoms with E-state index in [9.17, 15) is 4.79 Å². The second-order valence-electron chi connectivity index (χ2n) is 5.67. The Morgan fingerprint density at radius 3 is 2.77 bits per heavy atom. The molecule has 0 bridgehead atoms. The van der Waals surface area contributed by atoms with Crippen molar-refractivity contribution in [1.29, 1.82) is 5.26 Å². The molecule has 3 rings (SSSR count). The van der Waals surface area contributed by atoms with E-state index >= 15 is 0 Å². The molecule has 0 spiro atoms. The normalized spacial score (nSPS) is 20.2. The minimum atomic E-state index is 0.126. The zero-order chi connectivity index (χ0) is 15.5. The molecular weight excluding hydrogens is 316 g/mol. The van der Waals surface area contributed by atoms with Gasteiger partial charge in [-0.3, -0.25) is 4.79 Å². The molecule has 1 saturated carbocycles. The summed E-state index contributed by atoms with van der Waals surface area (Å²) in [4.78, 5) is 16.7. The largest absolute Gasteiger partial charge is 0.299 e. The van der Waals surface area contributed by atoms with Crippen LogP contribution in [-0.2, 0) is 11.2 Å². The third-order valence-corrected chi connectivity index (χ3v) is 5.19. The first kappa shape index (κ1) is 15.2. The number of Topliss-reactive ketones (excluding diaryl/α,β-unsaturated/α-hetero) is 1. The van der Waals surface area contributed by atoms with Crippen molar-refractivity contribution in [3.05, 3.63) is 39.7 Å². The first-order valence-corrected chi connectivity index (χ1v) is 8.51. The molecule has 1 aromatic heterocycles. The van der Waals surface area contributed by atoms with Crippen molar-refractivity contribution in [3.63, 3.8) is 0 Å². The summed E-state index contributed by atoms with van der Waals surface area (Å²) in [5, 5.41) is 12.2. The minimum Gasteiger partial charge on any atom is -0.299 e. The molecule has 0 atom stereocenters. The van der Waals surface area contributed by atoms with Gasteiger partial charge in [-0.25, -0.2) is 4.98 Å². The van der Waals surface area contributed by atoms with Crippen LogP contribution in [-0.4, -0.2) is 10.8 Å². The first-order chi connectivity index (χ1) is 10.7. The van der Waals surface area contributed by atoms with Gasteiger partial charge >= 0.3 is 0 Å².